The minimum absolute atomic E-state index is 0.00663. The SMILES string of the molecule is C[C@]12CCC(=O)C[C@@H]1[C@H](O)C[C@@H]1[C@@H]2CC[C@]2(C)[C@@H](C(=O)CO)CC[C@@H]12. The van der Waals surface area contributed by atoms with E-state index in [2.05, 4.69) is 13.8 Å². The van der Waals surface area contributed by atoms with Crippen LogP contribution in [0.15, 0.2) is 0 Å². The number of Topliss-reactive ketones (excluding diaryl/α,β-unsaturated/α-hetero) is 2. The van der Waals surface area contributed by atoms with Gasteiger partial charge in [-0.05, 0) is 73.0 Å². The van der Waals surface area contributed by atoms with Crippen molar-refractivity contribution in [1.29, 1.82) is 0 Å². The fourth-order valence-corrected chi connectivity index (χ4v) is 7.73. The molecule has 4 nitrogen and oxygen atoms in total. The summed E-state index contributed by atoms with van der Waals surface area (Å²) in [5.41, 5.74) is 0.0467. The lowest BCUT2D eigenvalue weighted by atomic mass is 9.44. The van der Waals surface area contributed by atoms with Gasteiger partial charge in [-0.15, -0.1) is 0 Å². The van der Waals surface area contributed by atoms with Crippen molar-refractivity contribution >= 4 is 11.6 Å². The summed E-state index contributed by atoms with van der Waals surface area (Å²) >= 11 is 0. The highest BCUT2D eigenvalue weighted by Gasteiger charge is 2.62. The Morgan fingerprint density at radius 1 is 1.08 bits per heavy atom. The molecule has 0 amide bonds. The van der Waals surface area contributed by atoms with E-state index in [9.17, 15) is 19.8 Å². The normalized spacial score (nSPS) is 52.2. The number of rotatable bonds is 2. The maximum Gasteiger partial charge on any atom is 0.161 e. The summed E-state index contributed by atoms with van der Waals surface area (Å²) in [6, 6.07) is 0. The summed E-state index contributed by atoms with van der Waals surface area (Å²) < 4.78 is 0. The van der Waals surface area contributed by atoms with Gasteiger partial charge >= 0.3 is 0 Å². The number of carbonyl (C=O) groups is 2. The number of aliphatic hydroxyl groups is 2. The monoisotopic (exact) mass is 348 g/mol. The molecule has 8 atom stereocenters. The number of ketones is 2. The third-order valence-corrected chi connectivity index (χ3v) is 9.04. The zero-order valence-electron chi connectivity index (χ0n) is 15.5. The second-order valence-corrected chi connectivity index (χ2v) is 9.83. The van der Waals surface area contributed by atoms with E-state index in [1.807, 2.05) is 0 Å². The van der Waals surface area contributed by atoms with Crippen molar-refractivity contribution in [3.8, 4) is 0 Å². The van der Waals surface area contributed by atoms with Gasteiger partial charge in [0.05, 0.1) is 6.10 Å². The average molecular weight is 348 g/mol. The average Bonchev–Trinajstić information content (AvgIpc) is 2.93. The van der Waals surface area contributed by atoms with Crippen LogP contribution in [0, 0.1) is 40.4 Å². The second-order valence-electron chi connectivity index (χ2n) is 9.83. The molecule has 0 aromatic carbocycles. The van der Waals surface area contributed by atoms with Crippen LogP contribution in [0.5, 0.6) is 0 Å². The van der Waals surface area contributed by atoms with Crippen LogP contribution in [0.25, 0.3) is 0 Å². The summed E-state index contributed by atoms with van der Waals surface area (Å²) in [6.07, 6.45) is 6.60. The standard InChI is InChI=1S/C21H32O4/c1-20-8-6-15-13(14(20)3-4-16(20)19(25)11-22)10-18(24)17-9-12(23)5-7-21(15,17)2/h13-18,22,24H,3-11H2,1-2H3/t13-,14-,15-,16+,17+,18+,20-,21+/m0/s1. The zero-order valence-corrected chi connectivity index (χ0v) is 15.5. The molecule has 0 saturated heterocycles. The Morgan fingerprint density at radius 3 is 2.52 bits per heavy atom. The van der Waals surface area contributed by atoms with Crippen molar-refractivity contribution in [3.05, 3.63) is 0 Å². The van der Waals surface area contributed by atoms with Crippen LogP contribution < -0.4 is 0 Å². The fourth-order valence-electron chi connectivity index (χ4n) is 7.73. The van der Waals surface area contributed by atoms with Crippen LogP contribution in [0.1, 0.15) is 65.2 Å². The van der Waals surface area contributed by atoms with Gasteiger partial charge < -0.3 is 10.2 Å². The molecule has 0 aromatic rings. The lowest BCUT2D eigenvalue weighted by Gasteiger charge is -2.61. The first-order valence-corrected chi connectivity index (χ1v) is 10.1. The molecular formula is C21H32O4. The Hall–Kier alpha value is -0.740. The van der Waals surface area contributed by atoms with Crippen LogP contribution >= 0.6 is 0 Å². The Morgan fingerprint density at radius 2 is 1.80 bits per heavy atom. The lowest BCUT2D eigenvalue weighted by Crippen LogP contribution is -2.58. The molecule has 0 unspecified atom stereocenters. The largest absolute Gasteiger partial charge is 0.393 e. The quantitative estimate of drug-likeness (QED) is 0.805. The highest BCUT2D eigenvalue weighted by atomic mass is 16.3. The maximum absolute atomic E-state index is 12.3. The summed E-state index contributed by atoms with van der Waals surface area (Å²) in [5, 5.41) is 20.3. The highest BCUT2D eigenvalue weighted by Crippen LogP contribution is 2.67. The van der Waals surface area contributed by atoms with Gasteiger partial charge in [0.15, 0.2) is 5.78 Å². The Kier molecular flexibility index (Phi) is 4.16. The molecule has 4 aliphatic rings. The Balaban J connectivity index is 1.64. The summed E-state index contributed by atoms with van der Waals surface area (Å²) in [5.74, 6) is 1.92. The molecule has 0 aliphatic heterocycles. The van der Waals surface area contributed by atoms with E-state index in [1.54, 1.807) is 0 Å². The minimum Gasteiger partial charge on any atom is -0.393 e. The molecule has 0 bridgehead atoms. The Labute approximate surface area is 150 Å². The molecular weight excluding hydrogens is 316 g/mol. The van der Waals surface area contributed by atoms with Crippen molar-refractivity contribution in [2.75, 3.05) is 6.61 Å². The van der Waals surface area contributed by atoms with Gasteiger partial charge in [0.25, 0.3) is 0 Å². The molecule has 0 radical (unpaired) electrons. The van der Waals surface area contributed by atoms with Gasteiger partial charge in [-0.25, -0.2) is 0 Å². The van der Waals surface area contributed by atoms with Crippen molar-refractivity contribution in [2.24, 2.45) is 40.4 Å². The van der Waals surface area contributed by atoms with Gasteiger partial charge in [-0.2, -0.15) is 0 Å². The molecule has 4 saturated carbocycles. The van der Waals surface area contributed by atoms with E-state index in [0.29, 0.717) is 36.4 Å². The van der Waals surface area contributed by atoms with Crippen LogP contribution in [0.3, 0.4) is 0 Å². The van der Waals surface area contributed by atoms with E-state index in [4.69, 9.17) is 0 Å². The summed E-state index contributed by atoms with van der Waals surface area (Å²) in [4.78, 5) is 24.3. The van der Waals surface area contributed by atoms with Gasteiger partial charge in [0.1, 0.15) is 12.4 Å². The van der Waals surface area contributed by atoms with Gasteiger partial charge in [0, 0.05) is 18.8 Å². The van der Waals surface area contributed by atoms with Crippen LogP contribution in [0.2, 0.25) is 0 Å². The van der Waals surface area contributed by atoms with E-state index in [-0.39, 0.29) is 41.2 Å². The summed E-state index contributed by atoms with van der Waals surface area (Å²) in [6.45, 7) is 4.23. The van der Waals surface area contributed by atoms with E-state index >= 15 is 0 Å². The van der Waals surface area contributed by atoms with Crippen molar-refractivity contribution in [1.82, 2.24) is 0 Å². The molecule has 4 rings (SSSR count). The number of hydrogen-bond donors (Lipinski definition) is 2. The van der Waals surface area contributed by atoms with E-state index < -0.39 is 0 Å². The van der Waals surface area contributed by atoms with Crippen molar-refractivity contribution in [2.45, 2.75) is 71.3 Å². The molecule has 4 aliphatic carbocycles. The van der Waals surface area contributed by atoms with Gasteiger partial charge in [-0.1, -0.05) is 13.8 Å². The lowest BCUT2D eigenvalue weighted by molar-refractivity contribution is -0.166. The zero-order chi connectivity index (χ0) is 18.0. The predicted molar refractivity (Wildman–Crippen MR) is 93.7 cm³/mol. The molecule has 4 heteroatoms. The Bertz CT molecular complexity index is 586. The van der Waals surface area contributed by atoms with Gasteiger partial charge in [-0.3, -0.25) is 9.59 Å². The molecule has 0 spiro atoms. The second kappa shape index (κ2) is 5.88. The third-order valence-electron chi connectivity index (χ3n) is 9.04. The van der Waals surface area contributed by atoms with Crippen molar-refractivity contribution in [3.63, 3.8) is 0 Å². The number of hydrogen-bond acceptors (Lipinski definition) is 4. The first-order valence-electron chi connectivity index (χ1n) is 10.1. The molecule has 2 N–H and O–H groups in total. The topological polar surface area (TPSA) is 74.6 Å². The molecule has 0 heterocycles. The van der Waals surface area contributed by atoms with Crippen LogP contribution in [-0.2, 0) is 9.59 Å². The maximum atomic E-state index is 12.3. The van der Waals surface area contributed by atoms with Gasteiger partial charge in [0.2, 0.25) is 0 Å². The predicted octanol–water partition coefficient (Wildman–Crippen LogP) is 2.75. The van der Waals surface area contributed by atoms with Crippen LogP contribution in [0.4, 0.5) is 0 Å². The fraction of sp³-hybridized carbons (Fsp3) is 0.905. The number of carbonyl (C=O) groups excluding carboxylic acids is 2. The highest BCUT2D eigenvalue weighted by molar-refractivity contribution is 5.83. The number of aliphatic hydroxyl groups excluding tert-OH is 2. The molecule has 4 fully saturated rings. The minimum atomic E-state index is -0.384. The molecule has 25 heavy (non-hydrogen) atoms. The first-order chi connectivity index (χ1) is 11.8. The van der Waals surface area contributed by atoms with Crippen LogP contribution in [-0.4, -0.2) is 34.5 Å². The van der Waals surface area contributed by atoms with E-state index in [1.165, 1.54) is 0 Å². The smallest absolute Gasteiger partial charge is 0.161 e. The summed E-state index contributed by atoms with van der Waals surface area (Å²) in [7, 11) is 0. The first kappa shape index (κ1) is 17.7. The number of fused-ring (bicyclic) bond motifs is 5. The van der Waals surface area contributed by atoms with Crippen molar-refractivity contribution < 1.29 is 19.8 Å². The molecule has 0 aromatic heterocycles. The third kappa shape index (κ3) is 2.39. The molecule has 140 valence electrons. The van der Waals surface area contributed by atoms with E-state index in [0.717, 1.165) is 38.5 Å².